The number of aryl methyl sites for hydroxylation is 2. The summed E-state index contributed by atoms with van der Waals surface area (Å²) in [5.74, 6) is 0.153. The Morgan fingerprint density at radius 2 is 1.47 bits per heavy atom. The second-order valence-corrected chi connectivity index (χ2v) is 6.04. The molecule has 0 spiro atoms. The molecule has 0 aliphatic carbocycles. The average Bonchev–Trinajstić information content (AvgIpc) is 3.14. The Morgan fingerprint density at radius 3 is 1.97 bits per heavy atom. The number of aromatic hydroxyl groups is 1. The minimum absolute atomic E-state index is 0. The maximum atomic E-state index is 8.92. The van der Waals surface area contributed by atoms with Crippen molar-refractivity contribution in [3.8, 4) is 5.75 Å². The number of oxazole rings is 1. The molecule has 2 aromatic carbocycles. The van der Waals surface area contributed by atoms with Gasteiger partial charge in [0.15, 0.2) is 12.0 Å². The number of aromatic nitrogens is 1. The summed E-state index contributed by atoms with van der Waals surface area (Å²) in [5.41, 5.74) is 9.86. The molecule has 0 aliphatic heterocycles. The van der Waals surface area contributed by atoms with E-state index in [1.54, 1.807) is 12.1 Å². The molecule has 30 heavy (non-hydrogen) atoms. The van der Waals surface area contributed by atoms with Gasteiger partial charge in [0.05, 0.1) is 5.69 Å². The highest BCUT2D eigenvalue weighted by Crippen LogP contribution is 2.19. The number of hydrogen-bond donors (Lipinski definition) is 2. The van der Waals surface area contributed by atoms with Crippen molar-refractivity contribution in [2.45, 2.75) is 48.5 Å². The van der Waals surface area contributed by atoms with E-state index in [4.69, 9.17) is 29.5 Å². The minimum atomic E-state index is -0.472. The van der Waals surface area contributed by atoms with E-state index in [2.05, 4.69) is 4.98 Å². The molecule has 0 unspecified atom stereocenters. The normalized spacial score (nSPS) is 9.93. The highest BCUT2D eigenvalue weighted by Gasteiger charge is 2.04. The summed E-state index contributed by atoms with van der Waals surface area (Å²) in [6.07, 6.45) is 1.46. The zero-order chi connectivity index (χ0) is 21.6. The van der Waals surface area contributed by atoms with Crippen LogP contribution in [0.3, 0.4) is 0 Å². The molecule has 7 nitrogen and oxygen atoms in total. The van der Waals surface area contributed by atoms with Crippen LogP contribution in [0.4, 0.5) is 5.69 Å². The van der Waals surface area contributed by atoms with Crippen LogP contribution in [-0.2, 0) is 14.2 Å². The monoisotopic (exact) mass is 420 g/mol. The van der Waals surface area contributed by atoms with Gasteiger partial charge in [0, 0.05) is 19.8 Å². The Hall–Kier alpha value is -2.61. The fourth-order valence-corrected chi connectivity index (χ4v) is 2.19. The third-order valence-electron chi connectivity index (χ3n) is 3.58. The zero-order valence-electron chi connectivity index (χ0n) is 17.8. The first kappa shape index (κ1) is 27.4. The van der Waals surface area contributed by atoms with E-state index < -0.39 is 6.48 Å². The van der Waals surface area contributed by atoms with Gasteiger partial charge in [-0.25, -0.2) is 4.98 Å². The van der Waals surface area contributed by atoms with Crippen LogP contribution in [0.1, 0.15) is 39.3 Å². The average molecular weight is 421 g/mol. The van der Waals surface area contributed by atoms with Crippen LogP contribution in [-0.4, -0.2) is 36.4 Å². The molecule has 0 aliphatic rings. The standard InChI is InChI=1S/C8H7NO.C7H9NO.C7H16O3.CH4/c1-6-2-3-8-7(4-6)9-5-10-8;1-5-2-3-7(9)6(8)4-5;1-4-8-7(9-5-2)10-6-3;/h2-5H,1H3;2-4,9H,8H2,1H3;7H,4-6H2,1-3H3;1H4. The summed E-state index contributed by atoms with van der Waals surface area (Å²) < 4.78 is 20.3. The van der Waals surface area contributed by atoms with E-state index in [1.807, 2.05) is 58.9 Å². The fraction of sp³-hybridized carbons (Fsp3) is 0.435. The Labute approximate surface area is 179 Å². The first-order valence-electron chi connectivity index (χ1n) is 9.60. The lowest BCUT2D eigenvalue weighted by atomic mass is 10.2. The summed E-state index contributed by atoms with van der Waals surface area (Å²) in [7, 11) is 0. The van der Waals surface area contributed by atoms with Gasteiger partial charge in [-0.2, -0.15) is 0 Å². The largest absolute Gasteiger partial charge is 0.506 e. The van der Waals surface area contributed by atoms with Gasteiger partial charge in [0.1, 0.15) is 11.3 Å². The SMILES string of the molecule is C.CCOC(OCC)OCC.Cc1ccc(O)c(N)c1.Cc1ccc2ocnc2c1. The lowest BCUT2D eigenvalue weighted by Gasteiger charge is -2.15. The molecule has 3 rings (SSSR count). The van der Waals surface area contributed by atoms with E-state index in [0.717, 1.165) is 16.7 Å². The van der Waals surface area contributed by atoms with Gasteiger partial charge in [0.2, 0.25) is 0 Å². The summed E-state index contributed by atoms with van der Waals surface area (Å²) in [6.45, 7) is 11.1. The Kier molecular flexibility index (Phi) is 13.9. The highest BCUT2D eigenvalue weighted by molar-refractivity contribution is 5.72. The number of nitrogens with zero attached hydrogens (tertiary/aromatic N) is 1. The Balaban J connectivity index is 0.000000414. The van der Waals surface area contributed by atoms with Crippen molar-refractivity contribution in [3.63, 3.8) is 0 Å². The van der Waals surface area contributed by atoms with Crippen LogP contribution >= 0.6 is 0 Å². The molecule has 3 N–H and O–H groups in total. The predicted octanol–water partition coefficient (Wildman–Crippen LogP) is 5.43. The molecule has 168 valence electrons. The molecule has 0 saturated heterocycles. The zero-order valence-corrected chi connectivity index (χ0v) is 17.8. The first-order chi connectivity index (χ1) is 13.9. The van der Waals surface area contributed by atoms with Crippen LogP contribution in [0, 0.1) is 13.8 Å². The molecular formula is C23H36N2O5. The fourth-order valence-electron chi connectivity index (χ4n) is 2.19. The van der Waals surface area contributed by atoms with Crippen LogP contribution in [0.25, 0.3) is 11.1 Å². The maximum absolute atomic E-state index is 8.92. The number of rotatable bonds is 6. The number of anilines is 1. The lowest BCUT2D eigenvalue weighted by molar-refractivity contribution is -0.282. The number of phenolic OH excluding ortho intramolecular Hbond substituents is 1. The van der Waals surface area contributed by atoms with Crippen molar-refractivity contribution in [1.82, 2.24) is 4.98 Å². The van der Waals surface area contributed by atoms with Gasteiger partial charge >= 0.3 is 0 Å². The van der Waals surface area contributed by atoms with Gasteiger partial charge in [0.25, 0.3) is 6.48 Å². The quantitative estimate of drug-likeness (QED) is 0.311. The number of nitrogen functional groups attached to an aromatic ring is 1. The number of nitrogens with two attached hydrogens (primary N) is 1. The topological polar surface area (TPSA) is 100.0 Å². The molecule has 1 aromatic heterocycles. The number of benzene rings is 2. The Bertz CT molecular complexity index is 821. The third kappa shape index (κ3) is 10.2. The first-order valence-corrected chi connectivity index (χ1v) is 9.60. The predicted molar refractivity (Wildman–Crippen MR) is 121 cm³/mol. The van der Waals surface area contributed by atoms with Crippen molar-refractivity contribution in [2.24, 2.45) is 0 Å². The second-order valence-electron chi connectivity index (χ2n) is 6.04. The Morgan fingerprint density at radius 1 is 0.933 bits per heavy atom. The van der Waals surface area contributed by atoms with E-state index >= 15 is 0 Å². The van der Waals surface area contributed by atoms with E-state index in [-0.39, 0.29) is 13.2 Å². The molecule has 0 radical (unpaired) electrons. The second kappa shape index (κ2) is 15.3. The highest BCUT2D eigenvalue weighted by atomic mass is 16.8. The van der Waals surface area contributed by atoms with Crippen LogP contribution in [0.5, 0.6) is 5.75 Å². The smallest absolute Gasteiger partial charge is 0.271 e. The number of phenols is 1. The van der Waals surface area contributed by atoms with Crippen LogP contribution in [0.15, 0.2) is 47.2 Å². The van der Waals surface area contributed by atoms with Crippen molar-refractivity contribution < 1.29 is 23.7 Å². The molecule has 0 saturated carbocycles. The molecule has 0 atom stereocenters. The summed E-state index contributed by atoms with van der Waals surface area (Å²) in [6, 6.07) is 11.1. The van der Waals surface area contributed by atoms with Crippen molar-refractivity contribution in [3.05, 3.63) is 53.9 Å². The van der Waals surface area contributed by atoms with Gasteiger partial charge < -0.3 is 29.5 Å². The van der Waals surface area contributed by atoms with E-state index in [0.29, 0.717) is 25.5 Å². The number of hydrogen-bond acceptors (Lipinski definition) is 7. The van der Waals surface area contributed by atoms with Gasteiger partial charge in [-0.05, 0) is 70.0 Å². The van der Waals surface area contributed by atoms with Crippen molar-refractivity contribution in [2.75, 3.05) is 25.6 Å². The van der Waals surface area contributed by atoms with Gasteiger partial charge in [-0.15, -0.1) is 0 Å². The summed E-state index contributed by atoms with van der Waals surface area (Å²) >= 11 is 0. The third-order valence-corrected chi connectivity index (χ3v) is 3.58. The molecule has 0 fully saturated rings. The minimum Gasteiger partial charge on any atom is -0.506 e. The molecule has 7 heteroatoms. The summed E-state index contributed by atoms with van der Waals surface area (Å²) in [4.78, 5) is 4.01. The molecule has 1 heterocycles. The maximum Gasteiger partial charge on any atom is 0.271 e. The van der Waals surface area contributed by atoms with E-state index in [9.17, 15) is 0 Å². The molecule has 0 bridgehead atoms. The molecular weight excluding hydrogens is 384 g/mol. The van der Waals surface area contributed by atoms with E-state index in [1.165, 1.54) is 12.0 Å². The van der Waals surface area contributed by atoms with Crippen molar-refractivity contribution in [1.29, 1.82) is 0 Å². The summed E-state index contributed by atoms with van der Waals surface area (Å²) in [5, 5.41) is 8.92. The van der Waals surface area contributed by atoms with Crippen LogP contribution in [0.2, 0.25) is 0 Å². The van der Waals surface area contributed by atoms with Crippen LogP contribution < -0.4 is 5.73 Å². The van der Waals surface area contributed by atoms with Crippen molar-refractivity contribution >= 4 is 16.8 Å². The lowest BCUT2D eigenvalue weighted by Crippen LogP contribution is -2.20. The van der Waals surface area contributed by atoms with Gasteiger partial charge in [-0.1, -0.05) is 19.6 Å². The number of fused-ring (bicyclic) bond motifs is 1. The van der Waals surface area contributed by atoms with Gasteiger partial charge in [-0.3, -0.25) is 0 Å². The molecule has 0 amide bonds. The number of ether oxygens (including phenoxy) is 3. The molecule has 3 aromatic rings.